The van der Waals surface area contributed by atoms with Gasteiger partial charge < -0.3 is 16.0 Å². The van der Waals surface area contributed by atoms with E-state index in [2.05, 4.69) is 16.0 Å². The molecule has 4 heteroatoms. The van der Waals surface area contributed by atoms with Gasteiger partial charge >= 0.3 is 0 Å². The molecule has 0 spiro atoms. The highest BCUT2D eigenvalue weighted by molar-refractivity contribution is 5.81. The van der Waals surface area contributed by atoms with Gasteiger partial charge in [-0.1, -0.05) is 0 Å². The summed E-state index contributed by atoms with van der Waals surface area (Å²) in [5, 5.41) is 9.51. The Hall–Kier alpha value is -0.610. The van der Waals surface area contributed by atoms with Crippen molar-refractivity contribution in [2.75, 3.05) is 33.2 Å². The van der Waals surface area contributed by atoms with E-state index >= 15 is 0 Å². The van der Waals surface area contributed by atoms with E-state index in [0.29, 0.717) is 5.92 Å². The molecule has 16 heavy (non-hydrogen) atoms. The third-order valence-electron chi connectivity index (χ3n) is 3.24. The lowest BCUT2D eigenvalue weighted by Crippen LogP contribution is -2.44. The number of carbonyl (C=O) groups excluding carboxylic acids is 1. The monoisotopic (exact) mass is 227 g/mol. The van der Waals surface area contributed by atoms with Gasteiger partial charge in [0, 0.05) is 13.6 Å². The van der Waals surface area contributed by atoms with Gasteiger partial charge in [0.15, 0.2) is 0 Å². The lowest BCUT2D eigenvalue weighted by atomic mass is 9.91. The Morgan fingerprint density at radius 3 is 2.81 bits per heavy atom. The maximum Gasteiger partial charge on any atom is 0.226 e. The third kappa shape index (κ3) is 4.10. The van der Waals surface area contributed by atoms with E-state index in [0.717, 1.165) is 26.2 Å². The van der Waals surface area contributed by atoms with Crippen LogP contribution in [-0.2, 0) is 4.79 Å². The van der Waals surface area contributed by atoms with Gasteiger partial charge in [0.2, 0.25) is 5.91 Å². The van der Waals surface area contributed by atoms with Crippen LogP contribution in [0.1, 0.15) is 26.7 Å². The van der Waals surface area contributed by atoms with Crippen molar-refractivity contribution in [1.82, 2.24) is 16.0 Å². The number of hydrogen-bond acceptors (Lipinski definition) is 3. The first-order valence-corrected chi connectivity index (χ1v) is 6.20. The molecular weight excluding hydrogens is 202 g/mol. The summed E-state index contributed by atoms with van der Waals surface area (Å²) in [4.78, 5) is 11.6. The van der Waals surface area contributed by atoms with Crippen LogP contribution in [0, 0.1) is 11.3 Å². The van der Waals surface area contributed by atoms with E-state index in [1.807, 2.05) is 13.8 Å². The molecule has 1 atom stereocenters. The van der Waals surface area contributed by atoms with E-state index in [9.17, 15) is 4.79 Å². The van der Waals surface area contributed by atoms with Crippen LogP contribution in [0.3, 0.4) is 0 Å². The van der Waals surface area contributed by atoms with Gasteiger partial charge in [0.1, 0.15) is 0 Å². The first-order chi connectivity index (χ1) is 7.56. The Bertz CT molecular complexity index is 222. The summed E-state index contributed by atoms with van der Waals surface area (Å²) < 4.78 is 0. The van der Waals surface area contributed by atoms with Crippen molar-refractivity contribution in [3.8, 4) is 0 Å². The summed E-state index contributed by atoms with van der Waals surface area (Å²) in [6, 6.07) is 0. The Kier molecular flexibility index (Phi) is 5.22. The highest BCUT2D eigenvalue weighted by Crippen LogP contribution is 2.14. The molecule has 0 aromatic heterocycles. The first kappa shape index (κ1) is 13.5. The molecule has 0 aromatic carbocycles. The molecule has 0 radical (unpaired) electrons. The van der Waals surface area contributed by atoms with Gasteiger partial charge in [-0.05, 0) is 52.2 Å². The molecule has 3 N–H and O–H groups in total. The molecule has 1 aliphatic heterocycles. The lowest BCUT2D eigenvalue weighted by molar-refractivity contribution is -0.128. The van der Waals surface area contributed by atoms with Crippen LogP contribution in [-0.4, -0.2) is 39.1 Å². The predicted octanol–water partition coefficient (Wildman–Crippen LogP) is 0.348. The molecule has 0 aromatic rings. The normalized spacial score (nSPS) is 21.8. The molecule has 0 aliphatic carbocycles. The standard InChI is InChI=1S/C12H25N3O/c1-12(2,11(16)13-3)9-15-8-10-5-4-6-14-7-10/h10,14-15H,4-9H2,1-3H3,(H,13,16). The van der Waals surface area contributed by atoms with Gasteiger partial charge in [-0.2, -0.15) is 0 Å². The molecule has 1 aliphatic rings. The molecule has 1 fully saturated rings. The van der Waals surface area contributed by atoms with Crippen LogP contribution in [0.2, 0.25) is 0 Å². The number of amides is 1. The predicted molar refractivity (Wildman–Crippen MR) is 66.3 cm³/mol. The largest absolute Gasteiger partial charge is 0.359 e. The minimum absolute atomic E-state index is 0.0989. The Labute approximate surface area is 98.6 Å². The summed E-state index contributed by atoms with van der Waals surface area (Å²) in [6.07, 6.45) is 2.56. The van der Waals surface area contributed by atoms with Gasteiger partial charge in [0.25, 0.3) is 0 Å². The molecule has 4 nitrogen and oxygen atoms in total. The molecule has 1 amide bonds. The zero-order valence-electron chi connectivity index (χ0n) is 10.7. The smallest absolute Gasteiger partial charge is 0.226 e. The zero-order valence-corrected chi connectivity index (χ0v) is 10.7. The van der Waals surface area contributed by atoms with E-state index in [1.54, 1.807) is 7.05 Å². The average molecular weight is 227 g/mol. The summed E-state index contributed by atoms with van der Waals surface area (Å²) in [6.45, 7) is 7.94. The van der Waals surface area contributed by atoms with Crippen molar-refractivity contribution in [3.63, 3.8) is 0 Å². The zero-order chi connectivity index (χ0) is 12.0. The SMILES string of the molecule is CNC(=O)C(C)(C)CNCC1CCCNC1. The van der Waals surface area contributed by atoms with Crippen LogP contribution in [0.5, 0.6) is 0 Å². The third-order valence-corrected chi connectivity index (χ3v) is 3.24. The van der Waals surface area contributed by atoms with Crippen LogP contribution in [0.4, 0.5) is 0 Å². The highest BCUT2D eigenvalue weighted by atomic mass is 16.2. The number of hydrogen-bond donors (Lipinski definition) is 3. The summed E-state index contributed by atoms with van der Waals surface area (Å²) in [7, 11) is 1.69. The minimum Gasteiger partial charge on any atom is -0.359 e. The van der Waals surface area contributed by atoms with Crippen molar-refractivity contribution in [2.45, 2.75) is 26.7 Å². The molecule has 94 valence electrons. The van der Waals surface area contributed by atoms with E-state index in [4.69, 9.17) is 0 Å². The van der Waals surface area contributed by atoms with Crippen LogP contribution in [0.25, 0.3) is 0 Å². The quantitative estimate of drug-likeness (QED) is 0.635. The van der Waals surface area contributed by atoms with Crippen LogP contribution in [0.15, 0.2) is 0 Å². The van der Waals surface area contributed by atoms with Gasteiger partial charge in [-0.3, -0.25) is 4.79 Å². The second-order valence-corrected chi connectivity index (χ2v) is 5.31. The number of rotatable bonds is 5. The Morgan fingerprint density at radius 2 is 2.25 bits per heavy atom. The van der Waals surface area contributed by atoms with Gasteiger partial charge in [0.05, 0.1) is 5.41 Å². The Morgan fingerprint density at radius 1 is 1.50 bits per heavy atom. The molecule has 1 saturated heterocycles. The fourth-order valence-electron chi connectivity index (χ4n) is 2.11. The van der Waals surface area contributed by atoms with Gasteiger partial charge in [-0.25, -0.2) is 0 Å². The fraction of sp³-hybridized carbons (Fsp3) is 0.917. The van der Waals surface area contributed by atoms with E-state index < -0.39 is 0 Å². The summed E-state index contributed by atoms with van der Waals surface area (Å²) in [5.74, 6) is 0.816. The first-order valence-electron chi connectivity index (χ1n) is 6.20. The van der Waals surface area contributed by atoms with Crippen molar-refractivity contribution >= 4 is 5.91 Å². The van der Waals surface area contributed by atoms with Crippen LogP contribution >= 0.6 is 0 Å². The summed E-state index contributed by atoms with van der Waals surface area (Å²) >= 11 is 0. The molecular formula is C12H25N3O. The van der Waals surface area contributed by atoms with Gasteiger partial charge in [-0.15, -0.1) is 0 Å². The molecule has 1 rings (SSSR count). The molecule has 0 bridgehead atoms. The lowest BCUT2D eigenvalue weighted by Gasteiger charge is -2.27. The number of carbonyl (C=O) groups is 1. The fourth-order valence-corrected chi connectivity index (χ4v) is 2.11. The Balaban J connectivity index is 2.20. The average Bonchev–Trinajstić information content (AvgIpc) is 2.29. The highest BCUT2D eigenvalue weighted by Gasteiger charge is 2.26. The maximum atomic E-state index is 11.6. The second-order valence-electron chi connectivity index (χ2n) is 5.31. The molecule has 1 heterocycles. The minimum atomic E-state index is -0.323. The topological polar surface area (TPSA) is 53.2 Å². The van der Waals surface area contributed by atoms with Crippen molar-refractivity contribution in [3.05, 3.63) is 0 Å². The molecule has 0 saturated carbocycles. The number of nitrogens with one attached hydrogen (secondary N) is 3. The van der Waals surface area contributed by atoms with Crippen molar-refractivity contribution in [1.29, 1.82) is 0 Å². The van der Waals surface area contributed by atoms with E-state index in [-0.39, 0.29) is 11.3 Å². The summed E-state index contributed by atoms with van der Waals surface area (Å²) in [5.41, 5.74) is -0.323. The number of piperidine rings is 1. The second kappa shape index (κ2) is 6.21. The van der Waals surface area contributed by atoms with E-state index in [1.165, 1.54) is 12.8 Å². The molecule has 1 unspecified atom stereocenters. The maximum absolute atomic E-state index is 11.6. The van der Waals surface area contributed by atoms with Crippen molar-refractivity contribution < 1.29 is 4.79 Å². The van der Waals surface area contributed by atoms with Crippen LogP contribution < -0.4 is 16.0 Å². The van der Waals surface area contributed by atoms with Crippen molar-refractivity contribution in [2.24, 2.45) is 11.3 Å².